The summed E-state index contributed by atoms with van der Waals surface area (Å²) in [4.78, 5) is 2.22. The molecule has 0 aliphatic carbocycles. The van der Waals surface area contributed by atoms with Crippen LogP contribution >= 0.6 is 0 Å². The van der Waals surface area contributed by atoms with Crippen molar-refractivity contribution in [1.29, 1.82) is 5.26 Å². The minimum atomic E-state index is -0.506. The third-order valence-electron chi connectivity index (χ3n) is 3.68. The predicted octanol–water partition coefficient (Wildman–Crippen LogP) is 1.96. The highest BCUT2D eigenvalue weighted by atomic mass is 16.5. The first kappa shape index (κ1) is 13.9. The monoisotopic (exact) mass is 260 g/mol. The van der Waals surface area contributed by atoms with Gasteiger partial charge in [0.15, 0.2) is 0 Å². The average molecular weight is 260 g/mol. The van der Waals surface area contributed by atoms with Gasteiger partial charge in [-0.2, -0.15) is 5.26 Å². The Bertz CT molecular complexity index is 448. The molecule has 2 rings (SSSR count). The Morgan fingerprint density at radius 1 is 1.47 bits per heavy atom. The first-order chi connectivity index (χ1) is 9.22. The van der Waals surface area contributed by atoms with Crippen molar-refractivity contribution in [2.75, 3.05) is 26.7 Å². The molecule has 1 fully saturated rings. The van der Waals surface area contributed by atoms with Gasteiger partial charge in [-0.1, -0.05) is 12.1 Å². The van der Waals surface area contributed by atoms with Crippen LogP contribution in [0, 0.1) is 17.2 Å². The van der Waals surface area contributed by atoms with Crippen LogP contribution in [-0.4, -0.2) is 36.8 Å². The number of benzene rings is 1. The van der Waals surface area contributed by atoms with Crippen LogP contribution in [0.25, 0.3) is 0 Å². The molecule has 1 N–H and O–H groups in total. The van der Waals surface area contributed by atoms with Gasteiger partial charge in [0.2, 0.25) is 0 Å². The number of aliphatic hydroxyl groups excluding tert-OH is 1. The molecule has 1 unspecified atom stereocenters. The molecule has 1 saturated heterocycles. The van der Waals surface area contributed by atoms with Crippen molar-refractivity contribution >= 4 is 0 Å². The molecule has 1 heterocycles. The first-order valence-electron chi connectivity index (χ1n) is 6.67. The minimum absolute atomic E-state index is 0.185. The molecule has 0 radical (unpaired) electrons. The van der Waals surface area contributed by atoms with Crippen molar-refractivity contribution in [3.05, 3.63) is 29.8 Å². The van der Waals surface area contributed by atoms with Gasteiger partial charge in [0.25, 0.3) is 0 Å². The van der Waals surface area contributed by atoms with Crippen molar-refractivity contribution in [2.45, 2.75) is 18.9 Å². The Morgan fingerprint density at radius 3 is 2.84 bits per heavy atom. The van der Waals surface area contributed by atoms with Gasteiger partial charge >= 0.3 is 0 Å². The number of methoxy groups -OCH3 is 1. The summed E-state index contributed by atoms with van der Waals surface area (Å²) < 4.78 is 5.16. The summed E-state index contributed by atoms with van der Waals surface area (Å²) in [5, 5.41) is 19.1. The van der Waals surface area contributed by atoms with Crippen LogP contribution in [-0.2, 0) is 0 Å². The first-order valence-corrected chi connectivity index (χ1v) is 6.67. The number of ether oxygens (including phenoxy) is 1. The number of likely N-dealkylation sites (tertiary alicyclic amines) is 1. The van der Waals surface area contributed by atoms with E-state index in [-0.39, 0.29) is 5.92 Å². The van der Waals surface area contributed by atoms with Gasteiger partial charge in [-0.15, -0.1) is 0 Å². The summed E-state index contributed by atoms with van der Waals surface area (Å²) in [5.41, 5.74) is 0.877. The van der Waals surface area contributed by atoms with E-state index in [4.69, 9.17) is 10.00 Å². The Morgan fingerprint density at radius 2 is 2.21 bits per heavy atom. The van der Waals surface area contributed by atoms with Gasteiger partial charge in [0.05, 0.1) is 19.3 Å². The van der Waals surface area contributed by atoms with E-state index in [0.717, 1.165) is 37.2 Å². The van der Waals surface area contributed by atoms with E-state index in [1.54, 1.807) is 7.11 Å². The van der Waals surface area contributed by atoms with Crippen molar-refractivity contribution in [3.63, 3.8) is 0 Å². The fourth-order valence-electron chi connectivity index (χ4n) is 2.44. The summed E-state index contributed by atoms with van der Waals surface area (Å²) >= 11 is 0. The Kier molecular flexibility index (Phi) is 4.78. The number of rotatable bonds is 4. The number of nitrogens with zero attached hydrogens (tertiary/aromatic N) is 2. The maximum Gasteiger partial charge on any atom is 0.119 e. The van der Waals surface area contributed by atoms with E-state index in [1.807, 2.05) is 24.3 Å². The molecule has 4 nitrogen and oxygen atoms in total. The lowest BCUT2D eigenvalue weighted by molar-refractivity contribution is 0.0951. The molecule has 0 saturated carbocycles. The van der Waals surface area contributed by atoms with E-state index in [2.05, 4.69) is 11.0 Å². The summed E-state index contributed by atoms with van der Waals surface area (Å²) in [6, 6.07) is 9.86. The average Bonchev–Trinajstić information content (AvgIpc) is 2.48. The molecule has 0 bridgehead atoms. The van der Waals surface area contributed by atoms with Gasteiger partial charge in [-0.3, -0.25) is 0 Å². The molecular weight excluding hydrogens is 240 g/mol. The zero-order chi connectivity index (χ0) is 13.7. The molecular formula is C15H20N2O2. The van der Waals surface area contributed by atoms with E-state index in [0.29, 0.717) is 6.54 Å². The maximum atomic E-state index is 10.3. The zero-order valence-electron chi connectivity index (χ0n) is 11.2. The second-order valence-electron chi connectivity index (χ2n) is 5.00. The highest BCUT2D eigenvalue weighted by molar-refractivity contribution is 5.29. The zero-order valence-corrected chi connectivity index (χ0v) is 11.2. The van der Waals surface area contributed by atoms with Gasteiger partial charge in [0, 0.05) is 12.5 Å². The van der Waals surface area contributed by atoms with Crippen LogP contribution in [0.15, 0.2) is 24.3 Å². The van der Waals surface area contributed by atoms with Crippen molar-refractivity contribution in [1.82, 2.24) is 4.90 Å². The van der Waals surface area contributed by atoms with Crippen LogP contribution < -0.4 is 4.74 Å². The molecule has 102 valence electrons. The molecule has 1 aliphatic rings. The number of hydrogen-bond acceptors (Lipinski definition) is 4. The summed E-state index contributed by atoms with van der Waals surface area (Å²) in [6.07, 6.45) is 1.30. The fraction of sp³-hybridized carbons (Fsp3) is 0.533. The molecule has 0 spiro atoms. The van der Waals surface area contributed by atoms with E-state index >= 15 is 0 Å². The lowest BCUT2D eigenvalue weighted by Gasteiger charge is -2.30. The smallest absolute Gasteiger partial charge is 0.119 e. The van der Waals surface area contributed by atoms with E-state index in [1.165, 1.54) is 0 Å². The molecule has 19 heavy (non-hydrogen) atoms. The van der Waals surface area contributed by atoms with E-state index in [9.17, 15) is 5.11 Å². The lowest BCUT2D eigenvalue weighted by Crippen LogP contribution is -2.36. The number of β-amino-alcohol motifs (C(OH)–C–C–N with tert-alkyl or cyclic N) is 1. The Balaban J connectivity index is 1.90. The molecule has 4 heteroatoms. The molecule has 1 aromatic rings. The van der Waals surface area contributed by atoms with Crippen molar-refractivity contribution in [2.24, 2.45) is 5.92 Å². The molecule has 0 amide bonds. The molecule has 0 aromatic heterocycles. The fourth-order valence-corrected chi connectivity index (χ4v) is 2.44. The highest BCUT2D eigenvalue weighted by Crippen LogP contribution is 2.22. The summed E-state index contributed by atoms with van der Waals surface area (Å²) in [7, 11) is 1.62. The quantitative estimate of drug-likeness (QED) is 0.899. The summed E-state index contributed by atoms with van der Waals surface area (Å²) in [5.74, 6) is 0.949. The van der Waals surface area contributed by atoms with Crippen LogP contribution in [0.5, 0.6) is 5.75 Å². The second-order valence-corrected chi connectivity index (χ2v) is 5.00. The largest absolute Gasteiger partial charge is 0.497 e. The maximum absolute atomic E-state index is 10.3. The van der Waals surface area contributed by atoms with Gasteiger partial charge in [0.1, 0.15) is 5.75 Å². The third-order valence-corrected chi connectivity index (χ3v) is 3.68. The predicted molar refractivity (Wildman–Crippen MR) is 72.7 cm³/mol. The van der Waals surface area contributed by atoms with Crippen LogP contribution in [0.2, 0.25) is 0 Å². The van der Waals surface area contributed by atoms with Crippen molar-refractivity contribution in [3.8, 4) is 11.8 Å². The molecule has 1 aliphatic heterocycles. The van der Waals surface area contributed by atoms with Crippen molar-refractivity contribution < 1.29 is 9.84 Å². The van der Waals surface area contributed by atoms with Gasteiger partial charge in [-0.25, -0.2) is 0 Å². The standard InChI is InChI=1S/C15H20N2O2/c1-19-14-4-2-3-13(9-14)15(18)11-17-7-5-12(10-16)6-8-17/h2-4,9,12,15,18H,5-8,11H2,1H3. The van der Waals surface area contributed by atoms with Crippen LogP contribution in [0.1, 0.15) is 24.5 Å². The number of piperidine rings is 1. The van der Waals surface area contributed by atoms with E-state index < -0.39 is 6.10 Å². The summed E-state index contributed by atoms with van der Waals surface area (Å²) in [6.45, 7) is 2.39. The van der Waals surface area contributed by atoms with Gasteiger partial charge in [-0.05, 0) is 43.6 Å². The number of aliphatic hydroxyl groups is 1. The molecule has 1 aromatic carbocycles. The van der Waals surface area contributed by atoms with Crippen LogP contribution in [0.4, 0.5) is 0 Å². The normalized spacial score (nSPS) is 18.8. The Labute approximate surface area is 114 Å². The highest BCUT2D eigenvalue weighted by Gasteiger charge is 2.21. The van der Waals surface area contributed by atoms with Gasteiger partial charge < -0.3 is 14.7 Å². The second kappa shape index (κ2) is 6.55. The minimum Gasteiger partial charge on any atom is -0.497 e. The Hall–Kier alpha value is -1.57. The van der Waals surface area contributed by atoms with Crippen LogP contribution in [0.3, 0.4) is 0 Å². The number of nitriles is 1. The topological polar surface area (TPSA) is 56.5 Å². The lowest BCUT2D eigenvalue weighted by atomic mass is 9.98. The molecule has 1 atom stereocenters. The third kappa shape index (κ3) is 3.69. The SMILES string of the molecule is COc1cccc(C(O)CN2CCC(C#N)CC2)c1. The number of hydrogen-bond donors (Lipinski definition) is 1.